The van der Waals surface area contributed by atoms with Gasteiger partial charge < -0.3 is 10.6 Å². The minimum Gasteiger partial charge on any atom is -0.399 e. The summed E-state index contributed by atoms with van der Waals surface area (Å²) in [6.45, 7) is 0.923. The van der Waals surface area contributed by atoms with E-state index in [4.69, 9.17) is 5.73 Å². The van der Waals surface area contributed by atoms with Crippen molar-refractivity contribution in [1.29, 1.82) is 0 Å². The van der Waals surface area contributed by atoms with Crippen molar-refractivity contribution in [2.75, 3.05) is 12.3 Å². The molecule has 2 aliphatic rings. The third kappa shape index (κ3) is 3.29. The fourth-order valence-electron chi connectivity index (χ4n) is 3.77. The highest BCUT2D eigenvalue weighted by molar-refractivity contribution is 5.92. The third-order valence-corrected chi connectivity index (χ3v) is 4.88. The molecule has 1 aliphatic carbocycles. The summed E-state index contributed by atoms with van der Waals surface area (Å²) in [6, 6.07) is 8.09. The van der Waals surface area contributed by atoms with Gasteiger partial charge >= 0.3 is 0 Å². The van der Waals surface area contributed by atoms with Crippen molar-refractivity contribution in [2.45, 2.75) is 44.6 Å². The highest BCUT2D eigenvalue weighted by Crippen LogP contribution is 2.35. The Kier molecular flexibility index (Phi) is 4.28. The van der Waals surface area contributed by atoms with Crippen LogP contribution in [0.15, 0.2) is 30.3 Å². The maximum Gasteiger partial charge on any atom is 0.246 e. The fourth-order valence-corrected chi connectivity index (χ4v) is 3.77. The van der Waals surface area contributed by atoms with Gasteiger partial charge in [-0.05, 0) is 55.4 Å². The number of anilines is 1. The Hall–Kier alpha value is -1.77. The van der Waals surface area contributed by atoms with E-state index in [9.17, 15) is 4.79 Å². The molecule has 3 rings (SSSR count). The van der Waals surface area contributed by atoms with Crippen LogP contribution in [0.2, 0.25) is 0 Å². The molecule has 0 radical (unpaired) electrons. The quantitative estimate of drug-likeness (QED) is 0.682. The SMILES string of the molecule is Nc1ccc(/C=C/C(=O)N2CCCC2C2CCCC2)cc1. The maximum absolute atomic E-state index is 12.5. The molecule has 1 saturated carbocycles. The van der Waals surface area contributed by atoms with Crippen molar-refractivity contribution in [3.05, 3.63) is 35.9 Å². The second-order valence-electron chi connectivity index (χ2n) is 6.29. The number of carbonyl (C=O) groups is 1. The lowest BCUT2D eigenvalue weighted by molar-refractivity contribution is -0.127. The van der Waals surface area contributed by atoms with Crippen molar-refractivity contribution in [3.63, 3.8) is 0 Å². The van der Waals surface area contributed by atoms with Gasteiger partial charge in [0.2, 0.25) is 5.91 Å². The first-order chi connectivity index (χ1) is 10.2. The molecule has 2 fully saturated rings. The van der Waals surface area contributed by atoms with Crippen LogP contribution in [0.1, 0.15) is 44.1 Å². The number of carbonyl (C=O) groups excluding carboxylic acids is 1. The average molecular weight is 284 g/mol. The molecule has 0 bridgehead atoms. The molecular formula is C18H24N2O. The molecule has 1 heterocycles. The summed E-state index contributed by atoms with van der Waals surface area (Å²) in [4.78, 5) is 14.6. The first-order valence-corrected chi connectivity index (χ1v) is 8.08. The van der Waals surface area contributed by atoms with E-state index in [1.807, 2.05) is 30.3 Å². The number of nitrogen functional groups attached to an aromatic ring is 1. The van der Waals surface area contributed by atoms with Crippen LogP contribution in [0.4, 0.5) is 5.69 Å². The van der Waals surface area contributed by atoms with Crippen molar-refractivity contribution < 1.29 is 4.79 Å². The second kappa shape index (κ2) is 6.33. The Morgan fingerprint density at radius 3 is 2.52 bits per heavy atom. The van der Waals surface area contributed by atoms with E-state index in [0.717, 1.165) is 30.1 Å². The van der Waals surface area contributed by atoms with Gasteiger partial charge in [0.25, 0.3) is 0 Å². The number of hydrogen-bond acceptors (Lipinski definition) is 2. The molecule has 1 saturated heterocycles. The lowest BCUT2D eigenvalue weighted by atomic mass is 9.96. The van der Waals surface area contributed by atoms with Gasteiger partial charge in [0, 0.05) is 24.4 Å². The number of likely N-dealkylation sites (tertiary alicyclic amines) is 1. The number of hydrogen-bond donors (Lipinski definition) is 1. The Balaban J connectivity index is 1.65. The lowest BCUT2D eigenvalue weighted by Crippen LogP contribution is -2.38. The lowest BCUT2D eigenvalue weighted by Gasteiger charge is -2.28. The molecule has 3 heteroatoms. The van der Waals surface area contributed by atoms with Crippen molar-refractivity contribution in [2.24, 2.45) is 5.92 Å². The van der Waals surface area contributed by atoms with Gasteiger partial charge in [0.05, 0.1) is 0 Å². The first-order valence-electron chi connectivity index (χ1n) is 8.08. The van der Waals surface area contributed by atoms with E-state index in [1.165, 1.54) is 32.1 Å². The number of rotatable bonds is 3. The summed E-state index contributed by atoms with van der Waals surface area (Å²) in [6.07, 6.45) is 11.2. The minimum absolute atomic E-state index is 0.168. The van der Waals surface area contributed by atoms with Crippen LogP contribution < -0.4 is 5.73 Å². The molecule has 1 aromatic rings. The van der Waals surface area contributed by atoms with Crippen LogP contribution in [0.25, 0.3) is 6.08 Å². The summed E-state index contributed by atoms with van der Waals surface area (Å²) in [5.74, 6) is 0.905. The monoisotopic (exact) mass is 284 g/mol. The van der Waals surface area contributed by atoms with Crippen molar-refractivity contribution in [3.8, 4) is 0 Å². The summed E-state index contributed by atoms with van der Waals surface area (Å²) >= 11 is 0. The van der Waals surface area contributed by atoms with Gasteiger partial charge in [-0.3, -0.25) is 4.79 Å². The molecule has 0 spiro atoms. The predicted octanol–water partition coefficient (Wildman–Crippen LogP) is 3.46. The highest BCUT2D eigenvalue weighted by Gasteiger charge is 2.34. The van der Waals surface area contributed by atoms with E-state index < -0.39 is 0 Å². The summed E-state index contributed by atoms with van der Waals surface area (Å²) in [7, 11) is 0. The van der Waals surface area contributed by atoms with Crippen LogP contribution in [0.3, 0.4) is 0 Å². The molecule has 2 N–H and O–H groups in total. The zero-order valence-corrected chi connectivity index (χ0v) is 12.5. The smallest absolute Gasteiger partial charge is 0.246 e. The summed E-state index contributed by atoms with van der Waals surface area (Å²) in [5.41, 5.74) is 7.44. The Morgan fingerprint density at radius 1 is 1.10 bits per heavy atom. The van der Waals surface area contributed by atoms with Crippen LogP contribution in [-0.4, -0.2) is 23.4 Å². The van der Waals surface area contributed by atoms with Crippen LogP contribution in [0.5, 0.6) is 0 Å². The molecule has 1 amide bonds. The Morgan fingerprint density at radius 2 is 1.81 bits per heavy atom. The molecule has 1 atom stereocenters. The van der Waals surface area contributed by atoms with E-state index >= 15 is 0 Å². The minimum atomic E-state index is 0.168. The molecular weight excluding hydrogens is 260 g/mol. The Bertz CT molecular complexity index is 515. The summed E-state index contributed by atoms with van der Waals surface area (Å²) in [5, 5.41) is 0. The molecule has 112 valence electrons. The molecule has 3 nitrogen and oxygen atoms in total. The average Bonchev–Trinajstić information content (AvgIpc) is 3.16. The maximum atomic E-state index is 12.5. The summed E-state index contributed by atoms with van der Waals surface area (Å²) < 4.78 is 0. The van der Waals surface area contributed by atoms with Crippen LogP contribution in [-0.2, 0) is 4.79 Å². The van der Waals surface area contributed by atoms with Crippen molar-refractivity contribution >= 4 is 17.7 Å². The number of nitrogens with zero attached hydrogens (tertiary/aromatic N) is 1. The standard InChI is InChI=1S/C18H24N2O/c19-16-10-7-14(8-11-16)9-12-18(21)20-13-3-6-17(20)15-4-1-2-5-15/h7-12,15,17H,1-6,13,19H2/b12-9+. The fraction of sp³-hybridized carbons (Fsp3) is 0.500. The Labute approximate surface area is 126 Å². The van der Waals surface area contributed by atoms with Gasteiger partial charge in [-0.25, -0.2) is 0 Å². The van der Waals surface area contributed by atoms with Crippen LogP contribution >= 0.6 is 0 Å². The number of nitrogens with two attached hydrogens (primary N) is 1. The first kappa shape index (κ1) is 14.2. The molecule has 0 aromatic heterocycles. The molecule has 1 aromatic carbocycles. The van der Waals surface area contributed by atoms with Gasteiger partial charge in [0.15, 0.2) is 0 Å². The van der Waals surface area contributed by atoms with Gasteiger partial charge in [0.1, 0.15) is 0 Å². The van der Waals surface area contributed by atoms with Crippen LogP contribution in [0, 0.1) is 5.92 Å². The number of amides is 1. The van der Waals surface area contributed by atoms with Crippen molar-refractivity contribution in [1.82, 2.24) is 4.90 Å². The highest BCUT2D eigenvalue weighted by atomic mass is 16.2. The zero-order chi connectivity index (χ0) is 14.7. The van der Waals surface area contributed by atoms with Gasteiger partial charge in [-0.15, -0.1) is 0 Å². The number of benzene rings is 1. The topological polar surface area (TPSA) is 46.3 Å². The zero-order valence-electron chi connectivity index (χ0n) is 12.5. The third-order valence-electron chi connectivity index (χ3n) is 4.88. The largest absolute Gasteiger partial charge is 0.399 e. The van der Waals surface area contributed by atoms with E-state index in [1.54, 1.807) is 6.08 Å². The van der Waals surface area contributed by atoms with E-state index in [0.29, 0.717) is 6.04 Å². The predicted molar refractivity (Wildman–Crippen MR) is 86.6 cm³/mol. The second-order valence-corrected chi connectivity index (χ2v) is 6.29. The van der Waals surface area contributed by atoms with E-state index in [2.05, 4.69) is 4.90 Å². The normalized spacial score (nSPS) is 23.2. The molecule has 21 heavy (non-hydrogen) atoms. The molecule has 1 unspecified atom stereocenters. The molecule has 1 aliphatic heterocycles. The van der Waals surface area contributed by atoms with Gasteiger partial charge in [-0.2, -0.15) is 0 Å². The van der Waals surface area contributed by atoms with Gasteiger partial charge in [-0.1, -0.05) is 25.0 Å². The van der Waals surface area contributed by atoms with E-state index in [-0.39, 0.29) is 5.91 Å².